The van der Waals surface area contributed by atoms with Crippen LogP contribution in [0, 0.1) is 5.92 Å². The maximum atomic E-state index is 11.3. The molecule has 4 rings (SSSR count). The van der Waals surface area contributed by atoms with E-state index in [-0.39, 0.29) is 5.50 Å². The lowest BCUT2D eigenvalue weighted by Crippen LogP contribution is -2.02. The van der Waals surface area contributed by atoms with Crippen LogP contribution in [0.25, 0.3) is 22.6 Å². The molecule has 1 fully saturated rings. The third kappa shape index (κ3) is 2.83. The lowest BCUT2D eigenvalue weighted by molar-refractivity contribution is 0.377. The third-order valence-corrected chi connectivity index (χ3v) is 5.00. The van der Waals surface area contributed by atoms with Gasteiger partial charge in [0.25, 0.3) is 0 Å². The predicted molar refractivity (Wildman–Crippen MR) is 86.8 cm³/mol. The summed E-state index contributed by atoms with van der Waals surface area (Å²) in [6.45, 7) is 0.805. The van der Waals surface area contributed by atoms with Gasteiger partial charge in [0.1, 0.15) is 0 Å². The minimum absolute atomic E-state index is 0.344. The molecular formula is C15H14ClN2O4P. The van der Waals surface area contributed by atoms with E-state index in [9.17, 15) is 14.4 Å². The summed E-state index contributed by atoms with van der Waals surface area (Å²) in [6, 6.07) is 8.33. The van der Waals surface area contributed by atoms with E-state index in [1.54, 1.807) is 12.1 Å². The predicted octanol–water partition coefficient (Wildman–Crippen LogP) is 3.16. The Hall–Kier alpha value is -1.59. The molecule has 120 valence electrons. The van der Waals surface area contributed by atoms with Crippen molar-refractivity contribution in [2.45, 2.75) is 19.4 Å². The Morgan fingerprint density at radius 1 is 1.30 bits per heavy atom. The molecule has 0 bridgehead atoms. The summed E-state index contributed by atoms with van der Waals surface area (Å²) in [5, 5.41) is 0.593. The van der Waals surface area contributed by atoms with Gasteiger partial charge in [0.2, 0.25) is 5.50 Å². The number of nitrogens with zero attached hydrogens (tertiary/aromatic N) is 2. The standard InChI is InChI=1S/C15H14ClN2O4P/c16-10-3-4-12-11(7-10)17-15(18(12)8-9-1-2-9)13-5-6-14(22-13)23(19,20)21/h3-7,9H,1-2,8H2,(H2,19,20,21). The Labute approximate surface area is 136 Å². The lowest BCUT2D eigenvalue weighted by Gasteiger charge is -2.06. The highest BCUT2D eigenvalue weighted by Gasteiger charge is 2.27. The Morgan fingerprint density at radius 2 is 2.09 bits per heavy atom. The second kappa shape index (κ2) is 5.21. The average molecular weight is 353 g/mol. The van der Waals surface area contributed by atoms with E-state index in [1.165, 1.54) is 18.9 Å². The molecule has 1 aliphatic rings. The van der Waals surface area contributed by atoms with Crippen LogP contribution in [0.5, 0.6) is 0 Å². The summed E-state index contributed by atoms with van der Waals surface area (Å²) in [5.74, 6) is 1.52. The highest BCUT2D eigenvalue weighted by atomic mass is 35.5. The molecule has 0 atom stereocenters. The van der Waals surface area contributed by atoms with Crippen molar-refractivity contribution in [1.82, 2.24) is 9.55 Å². The fourth-order valence-corrected chi connectivity index (χ4v) is 3.29. The zero-order valence-corrected chi connectivity index (χ0v) is 13.7. The van der Waals surface area contributed by atoms with E-state index in [2.05, 4.69) is 4.98 Å². The summed E-state index contributed by atoms with van der Waals surface area (Å²) in [6.07, 6.45) is 2.36. The minimum atomic E-state index is -4.42. The van der Waals surface area contributed by atoms with Gasteiger partial charge in [-0.1, -0.05) is 11.6 Å². The molecule has 2 heterocycles. The quantitative estimate of drug-likeness (QED) is 0.704. The van der Waals surface area contributed by atoms with Crippen molar-refractivity contribution in [3.8, 4) is 11.6 Å². The molecule has 0 unspecified atom stereocenters. The summed E-state index contributed by atoms with van der Waals surface area (Å²) >= 11 is 6.03. The summed E-state index contributed by atoms with van der Waals surface area (Å²) in [4.78, 5) is 23.0. The lowest BCUT2D eigenvalue weighted by atomic mass is 10.3. The average Bonchev–Trinajstić information content (AvgIpc) is 3.02. The van der Waals surface area contributed by atoms with E-state index in [4.69, 9.17) is 16.0 Å². The van der Waals surface area contributed by atoms with Gasteiger partial charge in [0.05, 0.1) is 11.0 Å². The number of halogens is 1. The van der Waals surface area contributed by atoms with Gasteiger partial charge in [-0.15, -0.1) is 0 Å². The molecule has 0 radical (unpaired) electrons. The number of rotatable bonds is 4. The van der Waals surface area contributed by atoms with E-state index >= 15 is 0 Å². The van der Waals surface area contributed by atoms with Crippen molar-refractivity contribution in [3.63, 3.8) is 0 Å². The Kier molecular flexibility index (Phi) is 3.39. The van der Waals surface area contributed by atoms with E-state index in [0.717, 1.165) is 17.6 Å². The van der Waals surface area contributed by atoms with Gasteiger partial charge in [0, 0.05) is 11.6 Å². The second-order valence-electron chi connectivity index (χ2n) is 5.80. The smallest absolute Gasteiger partial charge is 0.391 e. The third-order valence-electron chi connectivity index (χ3n) is 3.95. The van der Waals surface area contributed by atoms with Crippen LogP contribution < -0.4 is 5.50 Å². The Balaban J connectivity index is 1.87. The normalized spacial score (nSPS) is 15.4. The van der Waals surface area contributed by atoms with Crippen molar-refractivity contribution >= 4 is 35.7 Å². The van der Waals surface area contributed by atoms with E-state index in [0.29, 0.717) is 22.5 Å². The Morgan fingerprint density at radius 3 is 2.74 bits per heavy atom. The number of furan rings is 1. The van der Waals surface area contributed by atoms with E-state index in [1.807, 2.05) is 16.7 Å². The topological polar surface area (TPSA) is 88.5 Å². The molecule has 0 aliphatic heterocycles. The monoisotopic (exact) mass is 352 g/mol. The fraction of sp³-hybridized carbons (Fsp3) is 0.267. The molecule has 3 aromatic rings. The molecule has 1 aliphatic carbocycles. The van der Waals surface area contributed by atoms with Gasteiger partial charge in [-0.3, -0.25) is 4.57 Å². The fourth-order valence-electron chi connectivity index (χ4n) is 2.64. The molecule has 6 nitrogen and oxygen atoms in total. The van der Waals surface area contributed by atoms with Crippen LogP contribution in [0.2, 0.25) is 5.02 Å². The highest BCUT2D eigenvalue weighted by Crippen LogP contribution is 2.38. The van der Waals surface area contributed by atoms with Crippen LogP contribution in [-0.4, -0.2) is 19.3 Å². The molecule has 0 amide bonds. The number of hydrogen-bond donors (Lipinski definition) is 2. The Bertz CT molecular complexity index is 938. The van der Waals surface area contributed by atoms with Crippen LogP contribution in [0.1, 0.15) is 12.8 Å². The molecule has 1 aromatic carbocycles. The highest BCUT2D eigenvalue weighted by molar-refractivity contribution is 7.59. The maximum Gasteiger partial charge on any atom is 0.391 e. The molecule has 0 saturated heterocycles. The summed E-state index contributed by atoms with van der Waals surface area (Å²) < 4.78 is 18.7. The number of benzene rings is 1. The summed E-state index contributed by atoms with van der Waals surface area (Å²) in [7, 11) is -4.42. The minimum Gasteiger partial charge on any atom is -0.445 e. The zero-order chi connectivity index (χ0) is 16.2. The second-order valence-corrected chi connectivity index (χ2v) is 7.77. The SMILES string of the molecule is O=P(O)(O)c1ccc(-c2nc3cc(Cl)ccc3n2CC2CC2)o1. The number of imidazole rings is 1. The zero-order valence-electron chi connectivity index (χ0n) is 12.0. The van der Waals surface area contributed by atoms with Gasteiger partial charge in [-0.05, 0) is 49.1 Å². The van der Waals surface area contributed by atoms with Gasteiger partial charge < -0.3 is 18.8 Å². The van der Waals surface area contributed by atoms with Crippen molar-refractivity contribution in [2.24, 2.45) is 5.92 Å². The van der Waals surface area contributed by atoms with Crippen molar-refractivity contribution in [3.05, 3.63) is 35.4 Å². The number of aromatic nitrogens is 2. The first-order chi connectivity index (χ1) is 10.9. The molecular weight excluding hydrogens is 339 g/mol. The van der Waals surface area contributed by atoms with Gasteiger partial charge in [-0.2, -0.15) is 0 Å². The van der Waals surface area contributed by atoms with E-state index < -0.39 is 7.60 Å². The molecule has 1 saturated carbocycles. The number of hydrogen-bond acceptors (Lipinski definition) is 3. The van der Waals surface area contributed by atoms with Crippen LogP contribution >= 0.6 is 19.2 Å². The molecule has 23 heavy (non-hydrogen) atoms. The molecule has 8 heteroatoms. The van der Waals surface area contributed by atoms with Crippen molar-refractivity contribution in [1.29, 1.82) is 0 Å². The van der Waals surface area contributed by atoms with Crippen molar-refractivity contribution < 1.29 is 18.8 Å². The number of fused-ring (bicyclic) bond motifs is 1. The van der Waals surface area contributed by atoms with Crippen LogP contribution in [0.4, 0.5) is 0 Å². The van der Waals surface area contributed by atoms with Gasteiger partial charge >= 0.3 is 7.60 Å². The molecule has 0 spiro atoms. The van der Waals surface area contributed by atoms with Gasteiger partial charge in [0.15, 0.2) is 11.6 Å². The van der Waals surface area contributed by atoms with Crippen LogP contribution in [0.15, 0.2) is 34.7 Å². The molecule has 2 aromatic heterocycles. The van der Waals surface area contributed by atoms with Gasteiger partial charge in [-0.25, -0.2) is 4.98 Å². The van der Waals surface area contributed by atoms with Crippen molar-refractivity contribution in [2.75, 3.05) is 0 Å². The first-order valence-electron chi connectivity index (χ1n) is 7.24. The molecule has 2 N–H and O–H groups in total. The first-order valence-corrected chi connectivity index (χ1v) is 9.23. The van der Waals surface area contributed by atoms with Crippen LogP contribution in [-0.2, 0) is 11.1 Å². The first kappa shape index (κ1) is 15.0. The summed E-state index contributed by atoms with van der Waals surface area (Å²) in [5.41, 5.74) is 1.32. The van der Waals surface area contributed by atoms with Crippen LogP contribution in [0.3, 0.4) is 0 Å². The maximum absolute atomic E-state index is 11.3. The largest absolute Gasteiger partial charge is 0.445 e.